The molecule has 1 fully saturated rings. The number of aryl methyl sites for hydroxylation is 1. The molecule has 3 rings (SSSR count). The summed E-state index contributed by atoms with van der Waals surface area (Å²) in [4.78, 5) is 2.55. The molecule has 1 N–H and O–H groups in total. The average molecular weight is 347 g/mol. The molecule has 2 nitrogen and oxygen atoms in total. The zero-order chi connectivity index (χ0) is 18.4. The molecule has 0 saturated carbocycles. The molecule has 2 aromatic rings. The van der Waals surface area contributed by atoms with Crippen molar-refractivity contribution in [2.24, 2.45) is 0 Å². The zero-order valence-electron chi connectivity index (χ0n) is 16.0. The normalized spacial score (nSPS) is 16.8. The highest BCUT2D eigenvalue weighted by atomic mass is 15.1. The third kappa shape index (κ3) is 4.64. The van der Waals surface area contributed by atoms with Crippen molar-refractivity contribution in [2.75, 3.05) is 13.1 Å². The molecule has 0 spiro atoms. The smallest absolute Gasteiger partial charge is 0.0372 e. The fourth-order valence-corrected chi connectivity index (χ4v) is 3.76. The second kappa shape index (κ2) is 8.86. The molecule has 1 aliphatic heterocycles. The highest BCUT2D eigenvalue weighted by Gasteiger charge is 2.20. The highest BCUT2D eigenvalue weighted by Crippen LogP contribution is 2.23. The lowest BCUT2D eigenvalue weighted by Crippen LogP contribution is -2.41. The molecular weight excluding hydrogens is 316 g/mol. The molecule has 1 aliphatic rings. The van der Waals surface area contributed by atoms with E-state index in [4.69, 9.17) is 0 Å². The summed E-state index contributed by atoms with van der Waals surface area (Å²) in [5.74, 6) is 0. The predicted molar refractivity (Wildman–Crippen MR) is 112 cm³/mol. The number of hydrogen-bond donors (Lipinski definition) is 1. The molecule has 0 atom stereocenters. The minimum atomic E-state index is 0.522. The summed E-state index contributed by atoms with van der Waals surface area (Å²) in [5, 5.41) is 3.75. The van der Waals surface area contributed by atoms with E-state index in [1.165, 1.54) is 40.8 Å². The van der Waals surface area contributed by atoms with Gasteiger partial charge in [-0.05, 0) is 55.0 Å². The molecule has 0 bridgehead atoms. The molecule has 0 aromatic heterocycles. The van der Waals surface area contributed by atoms with Gasteiger partial charge in [-0.3, -0.25) is 4.90 Å². The summed E-state index contributed by atoms with van der Waals surface area (Å²) in [6.45, 7) is 11.7. The number of allylic oxidation sites excluding steroid dienone is 2. The van der Waals surface area contributed by atoms with Gasteiger partial charge in [-0.15, -0.1) is 0 Å². The van der Waals surface area contributed by atoms with Crippen molar-refractivity contribution < 1.29 is 0 Å². The quantitative estimate of drug-likeness (QED) is 0.726. The van der Waals surface area contributed by atoms with E-state index in [0.717, 1.165) is 19.6 Å². The SMILES string of the molecule is C=C/C(NC1CCN(Cc2ccccc2)CC1)=C(/C)c1ccccc1C. The van der Waals surface area contributed by atoms with Gasteiger partial charge in [-0.1, -0.05) is 61.2 Å². The molecule has 0 radical (unpaired) electrons. The Kier molecular flexibility index (Phi) is 6.30. The minimum absolute atomic E-state index is 0.522. The van der Waals surface area contributed by atoms with E-state index in [1.807, 2.05) is 6.08 Å². The number of likely N-dealkylation sites (tertiary alicyclic amines) is 1. The second-order valence-electron chi connectivity index (χ2n) is 7.24. The lowest BCUT2D eigenvalue weighted by Gasteiger charge is -2.33. The van der Waals surface area contributed by atoms with Gasteiger partial charge in [0.05, 0.1) is 0 Å². The van der Waals surface area contributed by atoms with Gasteiger partial charge in [0.1, 0.15) is 0 Å². The molecule has 26 heavy (non-hydrogen) atoms. The predicted octanol–water partition coefficient (Wildman–Crippen LogP) is 5.17. The van der Waals surface area contributed by atoms with Gasteiger partial charge in [0.2, 0.25) is 0 Å². The fourth-order valence-electron chi connectivity index (χ4n) is 3.76. The van der Waals surface area contributed by atoms with Gasteiger partial charge >= 0.3 is 0 Å². The largest absolute Gasteiger partial charge is 0.382 e. The number of hydrogen-bond acceptors (Lipinski definition) is 2. The number of piperidine rings is 1. The number of nitrogens with one attached hydrogen (secondary N) is 1. The molecular formula is C24H30N2. The Labute approximate surface area is 158 Å². The Hall–Kier alpha value is -2.32. The maximum absolute atomic E-state index is 4.04. The maximum atomic E-state index is 4.04. The Balaban J connectivity index is 1.60. The van der Waals surface area contributed by atoms with Crippen LogP contribution in [0.5, 0.6) is 0 Å². The van der Waals surface area contributed by atoms with Crippen molar-refractivity contribution >= 4 is 5.57 Å². The third-order valence-corrected chi connectivity index (χ3v) is 5.35. The molecule has 0 amide bonds. The topological polar surface area (TPSA) is 15.3 Å². The van der Waals surface area contributed by atoms with Crippen LogP contribution in [0, 0.1) is 6.92 Å². The standard InChI is InChI=1S/C24H30N2/c1-4-24(20(3)23-13-9-8-10-19(23)2)25-22-14-16-26(17-15-22)18-21-11-6-5-7-12-21/h4-13,22,25H,1,14-18H2,2-3H3/b24-20+. The van der Waals surface area contributed by atoms with Crippen molar-refractivity contribution in [3.63, 3.8) is 0 Å². The number of nitrogens with zero attached hydrogens (tertiary/aromatic N) is 1. The van der Waals surface area contributed by atoms with E-state index < -0.39 is 0 Å². The summed E-state index contributed by atoms with van der Waals surface area (Å²) >= 11 is 0. The van der Waals surface area contributed by atoms with Crippen LogP contribution in [0.4, 0.5) is 0 Å². The van der Waals surface area contributed by atoms with Gasteiger partial charge < -0.3 is 5.32 Å². The summed E-state index contributed by atoms with van der Waals surface area (Å²) in [6.07, 6.45) is 4.31. The fraction of sp³-hybridized carbons (Fsp3) is 0.333. The van der Waals surface area contributed by atoms with Crippen molar-refractivity contribution in [2.45, 2.75) is 39.3 Å². The molecule has 0 unspecified atom stereocenters. The van der Waals surface area contributed by atoms with Crippen LogP contribution >= 0.6 is 0 Å². The van der Waals surface area contributed by atoms with Crippen LogP contribution in [0.25, 0.3) is 5.57 Å². The third-order valence-electron chi connectivity index (χ3n) is 5.35. The van der Waals surface area contributed by atoms with Crippen LogP contribution in [0.15, 0.2) is 72.9 Å². The first-order valence-corrected chi connectivity index (χ1v) is 9.59. The van der Waals surface area contributed by atoms with E-state index in [9.17, 15) is 0 Å². The van der Waals surface area contributed by atoms with Gasteiger partial charge in [0.25, 0.3) is 0 Å². The van der Waals surface area contributed by atoms with Crippen LogP contribution in [-0.4, -0.2) is 24.0 Å². The van der Waals surface area contributed by atoms with Crippen LogP contribution in [0.3, 0.4) is 0 Å². The summed E-state index contributed by atoms with van der Waals surface area (Å²) in [6, 6.07) is 19.8. The van der Waals surface area contributed by atoms with Gasteiger partial charge in [0, 0.05) is 31.4 Å². The van der Waals surface area contributed by atoms with Gasteiger partial charge in [0.15, 0.2) is 0 Å². The van der Waals surface area contributed by atoms with Crippen molar-refractivity contribution in [1.82, 2.24) is 10.2 Å². The molecule has 1 heterocycles. The van der Waals surface area contributed by atoms with Crippen molar-refractivity contribution in [3.05, 3.63) is 89.6 Å². The Bertz CT molecular complexity index is 753. The molecule has 2 heteroatoms. The summed E-state index contributed by atoms with van der Waals surface area (Å²) < 4.78 is 0. The monoisotopic (exact) mass is 346 g/mol. The van der Waals surface area contributed by atoms with Crippen LogP contribution in [0.1, 0.15) is 36.5 Å². The van der Waals surface area contributed by atoms with Gasteiger partial charge in [-0.25, -0.2) is 0 Å². The van der Waals surface area contributed by atoms with E-state index in [2.05, 4.69) is 85.2 Å². The van der Waals surface area contributed by atoms with Crippen LogP contribution in [0.2, 0.25) is 0 Å². The molecule has 2 aromatic carbocycles. The van der Waals surface area contributed by atoms with Crippen LogP contribution < -0.4 is 5.32 Å². The first kappa shape index (κ1) is 18.5. The Morgan fingerprint density at radius 1 is 1.08 bits per heavy atom. The lowest BCUT2D eigenvalue weighted by molar-refractivity contribution is 0.196. The van der Waals surface area contributed by atoms with E-state index in [0.29, 0.717) is 6.04 Å². The zero-order valence-corrected chi connectivity index (χ0v) is 16.0. The Morgan fingerprint density at radius 2 is 1.73 bits per heavy atom. The molecule has 136 valence electrons. The number of benzene rings is 2. The van der Waals surface area contributed by atoms with E-state index in [1.54, 1.807) is 0 Å². The molecule has 0 aliphatic carbocycles. The highest BCUT2D eigenvalue weighted by molar-refractivity contribution is 5.70. The minimum Gasteiger partial charge on any atom is -0.382 e. The Morgan fingerprint density at radius 3 is 2.38 bits per heavy atom. The van der Waals surface area contributed by atoms with E-state index in [-0.39, 0.29) is 0 Å². The first-order valence-electron chi connectivity index (χ1n) is 9.59. The summed E-state index contributed by atoms with van der Waals surface area (Å²) in [7, 11) is 0. The van der Waals surface area contributed by atoms with E-state index >= 15 is 0 Å². The van der Waals surface area contributed by atoms with Crippen molar-refractivity contribution in [1.29, 1.82) is 0 Å². The maximum Gasteiger partial charge on any atom is 0.0372 e. The molecule has 1 saturated heterocycles. The van der Waals surface area contributed by atoms with Crippen LogP contribution in [-0.2, 0) is 6.54 Å². The first-order chi connectivity index (χ1) is 12.7. The van der Waals surface area contributed by atoms with Gasteiger partial charge in [-0.2, -0.15) is 0 Å². The number of rotatable bonds is 6. The lowest BCUT2D eigenvalue weighted by atomic mass is 9.98. The second-order valence-corrected chi connectivity index (χ2v) is 7.24. The summed E-state index contributed by atoms with van der Waals surface area (Å²) in [5.41, 5.74) is 6.46. The van der Waals surface area contributed by atoms with Crippen molar-refractivity contribution in [3.8, 4) is 0 Å². The average Bonchev–Trinajstić information content (AvgIpc) is 2.68.